The molecule has 0 unspecified atom stereocenters. The van der Waals surface area contributed by atoms with Gasteiger partial charge in [-0.25, -0.2) is 0 Å². The Balaban J connectivity index is 1.70. The molecular formula is C17H11F3N4O4. The first-order valence-electron chi connectivity index (χ1n) is 7.69. The first-order valence-corrected chi connectivity index (χ1v) is 7.69. The SMILES string of the molecule is O=C(Nc1cc(-c2cccc([N+](=O)[O-])c2)[nH]n1)c1ccc(OC(F)(F)F)cc1. The van der Waals surface area contributed by atoms with Gasteiger partial charge in [0, 0.05) is 29.3 Å². The van der Waals surface area contributed by atoms with E-state index in [1.165, 1.54) is 36.4 Å². The van der Waals surface area contributed by atoms with Crippen molar-refractivity contribution in [3.05, 3.63) is 70.3 Å². The topological polar surface area (TPSA) is 110 Å². The molecule has 0 saturated carbocycles. The molecule has 1 amide bonds. The number of carbonyl (C=O) groups is 1. The molecule has 0 aliphatic heterocycles. The number of hydrogen-bond donors (Lipinski definition) is 2. The van der Waals surface area contributed by atoms with Crippen molar-refractivity contribution in [2.24, 2.45) is 0 Å². The molecule has 28 heavy (non-hydrogen) atoms. The van der Waals surface area contributed by atoms with Gasteiger partial charge in [-0.3, -0.25) is 20.0 Å². The minimum absolute atomic E-state index is 0.0921. The van der Waals surface area contributed by atoms with Crippen molar-refractivity contribution >= 4 is 17.4 Å². The largest absolute Gasteiger partial charge is 0.573 e. The van der Waals surface area contributed by atoms with Crippen molar-refractivity contribution < 1.29 is 27.6 Å². The highest BCUT2D eigenvalue weighted by Gasteiger charge is 2.31. The molecule has 0 radical (unpaired) electrons. The molecule has 0 aliphatic rings. The van der Waals surface area contributed by atoms with E-state index in [1.807, 2.05) is 0 Å². The maximum absolute atomic E-state index is 12.2. The van der Waals surface area contributed by atoms with Crippen molar-refractivity contribution in [2.75, 3.05) is 5.32 Å². The number of nitrogens with one attached hydrogen (secondary N) is 2. The molecule has 144 valence electrons. The number of nitro groups is 1. The lowest BCUT2D eigenvalue weighted by atomic mass is 10.1. The van der Waals surface area contributed by atoms with Gasteiger partial charge in [0.1, 0.15) is 5.75 Å². The highest BCUT2D eigenvalue weighted by atomic mass is 19.4. The number of non-ortho nitro benzene ring substituents is 1. The monoisotopic (exact) mass is 392 g/mol. The van der Waals surface area contributed by atoms with Gasteiger partial charge in [-0.1, -0.05) is 12.1 Å². The fourth-order valence-electron chi connectivity index (χ4n) is 2.32. The van der Waals surface area contributed by atoms with Crippen molar-refractivity contribution in [3.8, 4) is 17.0 Å². The van der Waals surface area contributed by atoms with Crippen LogP contribution in [0.4, 0.5) is 24.7 Å². The molecule has 1 aromatic heterocycles. The quantitative estimate of drug-likeness (QED) is 0.501. The van der Waals surface area contributed by atoms with Gasteiger partial charge in [0.25, 0.3) is 11.6 Å². The van der Waals surface area contributed by atoms with E-state index in [0.717, 1.165) is 12.1 Å². The first kappa shape index (κ1) is 18.9. The number of carbonyl (C=O) groups excluding carboxylic acids is 1. The molecule has 0 aliphatic carbocycles. The third kappa shape index (κ3) is 4.63. The summed E-state index contributed by atoms with van der Waals surface area (Å²) in [6, 6.07) is 11.7. The Morgan fingerprint density at radius 3 is 2.50 bits per heavy atom. The second-order valence-corrected chi connectivity index (χ2v) is 5.50. The van der Waals surface area contributed by atoms with Crippen LogP contribution in [0.25, 0.3) is 11.3 Å². The Morgan fingerprint density at radius 2 is 1.86 bits per heavy atom. The Morgan fingerprint density at radius 1 is 1.14 bits per heavy atom. The lowest BCUT2D eigenvalue weighted by Gasteiger charge is -2.09. The molecule has 0 bridgehead atoms. The van der Waals surface area contributed by atoms with E-state index in [4.69, 9.17) is 0 Å². The third-order valence-corrected chi connectivity index (χ3v) is 3.54. The summed E-state index contributed by atoms with van der Waals surface area (Å²) in [7, 11) is 0. The van der Waals surface area contributed by atoms with Crippen LogP contribution in [-0.2, 0) is 0 Å². The fourth-order valence-corrected chi connectivity index (χ4v) is 2.32. The van der Waals surface area contributed by atoms with Crippen LogP contribution in [0.5, 0.6) is 5.75 Å². The number of anilines is 1. The molecular weight excluding hydrogens is 381 g/mol. The number of aromatic amines is 1. The summed E-state index contributed by atoms with van der Waals surface area (Å²) >= 11 is 0. The summed E-state index contributed by atoms with van der Waals surface area (Å²) < 4.78 is 40.2. The summed E-state index contributed by atoms with van der Waals surface area (Å²) in [4.78, 5) is 22.5. The second kappa shape index (κ2) is 7.39. The van der Waals surface area contributed by atoms with Crippen LogP contribution in [0.2, 0.25) is 0 Å². The summed E-state index contributed by atoms with van der Waals surface area (Å²) in [5, 5.41) is 19.9. The molecule has 2 aromatic carbocycles. The van der Waals surface area contributed by atoms with Crippen LogP contribution in [0.1, 0.15) is 10.4 Å². The number of nitro benzene ring substituents is 1. The lowest BCUT2D eigenvalue weighted by Crippen LogP contribution is -2.17. The average molecular weight is 392 g/mol. The zero-order chi connectivity index (χ0) is 20.3. The highest BCUT2D eigenvalue weighted by Crippen LogP contribution is 2.25. The summed E-state index contributed by atoms with van der Waals surface area (Å²) in [5.74, 6) is -0.908. The number of benzene rings is 2. The van der Waals surface area contributed by atoms with Crippen LogP contribution >= 0.6 is 0 Å². The summed E-state index contributed by atoms with van der Waals surface area (Å²) in [5.41, 5.74) is 0.928. The number of halogens is 3. The predicted molar refractivity (Wildman–Crippen MR) is 91.8 cm³/mol. The van der Waals surface area contributed by atoms with Crippen LogP contribution < -0.4 is 10.1 Å². The highest BCUT2D eigenvalue weighted by molar-refractivity contribution is 6.04. The zero-order valence-electron chi connectivity index (χ0n) is 13.9. The minimum Gasteiger partial charge on any atom is -0.406 e. The van der Waals surface area contributed by atoms with Crippen LogP contribution in [-0.4, -0.2) is 27.4 Å². The third-order valence-electron chi connectivity index (χ3n) is 3.54. The predicted octanol–water partition coefficient (Wildman–Crippen LogP) is 4.14. The molecule has 0 atom stereocenters. The van der Waals surface area contributed by atoms with Gasteiger partial charge >= 0.3 is 6.36 Å². The molecule has 0 fully saturated rings. The van der Waals surface area contributed by atoms with Gasteiger partial charge in [0.15, 0.2) is 5.82 Å². The van der Waals surface area contributed by atoms with E-state index in [0.29, 0.717) is 11.3 Å². The molecule has 3 rings (SSSR count). The van der Waals surface area contributed by atoms with Crippen molar-refractivity contribution in [1.29, 1.82) is 0 Å². The standard InChI is InChI=1S/C17H11F3N4O4/c18-17(19,20)28-13-6-4-10(5-7-13)16(25)21-15-9-14(22-23-15)11-2-1-3-12(8-11)24(26)27/h1-9H,(H2,21,22,23,25). The number of hydrogen-bond acceptors (Lipinski definition) is 5. The fraction of sp³-hybridized carbons (Fsp3) is 0.0588. The van der Waals surface area contributed by atoms with Crippen molar-refractivity contribution in [2.45, 2.75) is 6.36 Å². The molecule has 0 saturated heterocycles. The second-order valence-electron chi connectivity index (χ2n) is 5.50. The maximum Gasteiger partial charge on any atom is 0.573 e. The van der Waals surface area contributed by atoms with E-state index >= 15 is 0 Å². The number of amides is 1. The molecule has 8 nitrogen and oxygen atoms in total. The number of rotatable bonds is 5. The Hall–Kier alpha value is -3.89. The first-order chi connectivity index (χ1) is 13.2. The van der Waals surface area contributed by atoms with Crippen molar-refractivity contribution in [3.63, 3.8) is 0 Å². The van der Waals surface area contributed by atoms with Gasteiger partial charge in [0.05, 0.1) is 10.6 Å². The van der Waals surface area contributed by atoms with Gasteiger partial charge in [0.2, 0.25) is 0 Å². The minimum atomic E-state index is -4.82. The van der Waals surface area contributed by atoms with Gasteiger partial charge in [-0.2, -0.15) is 5.10 Å². The molecule has 3 aromatic rings. The number of ether oxygens (including phenoxy) is 1. The van der Waals surface area contributed by atoms with Crippen LogP contribution in [0.3, 0.4) is 0 Å². The molecule has 1 heterocycles. The molecule has 11 heteroatoms. The number of H-pyrrole nitrogens is 1. The summed E-state index contributed by atoms with van der Waals surface area (Å²) in [6.07, 6.45) is -4.82. The Kier molecular flexibility index (Phi) is 4.98. The molecule has 2 N–H and O–H groups in total. The van der Waals surface area contributed by atoms with E-state index in [1.54, 1.807) is 6.07 Å². The van der Waals surface area contributed by atoms with E-state index < -0.39 is 22.9 Å². The van der Waals surface area contributed by atoms with E-state index in [2.05, 4.69) is 20.3 Å². The van der Waals surface area contributed by atoms with Crippen molar-refractivity contribution in [1.82, 2.24) is 10.2 Å². The smallest absolute Gasteiger partial charge is 0.406 e. The Labute approximate surface area is 155 Å². The normalized spacial score (nSPS) is 11.1. The van der Waals surface area contributed by atoms with Gasteiger partial charge < -0.3 is 10.1 Å². The van der Waals surface area contributed by atoms with E-state index in [-0.39, 0.29) is 17.1 Å². The van der Waals surface area contributed by atoms with Gasteiger partial charge in [-0.15, -0.1) is 13.2 Å². The number of aromatic nitrogens is 2. The average Bonchev–Trinajstić information content (AvgIpc) is 3.09. The van der Waals surface area contributed by atoms with Crippen LogP contribution in [0.15, 0.2) is 54.6 Å². The zero-order valence-corrected chi connectivity index (χ0v) is 13.9. The van der Waals surface area contributed by atoms with E-state index in [9.17, 15) is 28.1 Å². The summed E-state index contributed by atoms with van der Waals surface area (Å²) in [6.45, 7) is 0. The molecule has 0 spiro atoms. The van der Waals surface area contributed by atoms with Gasteiger partial charge in [-0.05, 0) is 24.3 Å². The number of nitrogens with zero attached hydrogens (tertiary/aromatic N) is 2. The lowest BCUT2D eigenvalue weighted by molar-refractivity contribution is -0.384. The number of alkyl halides is 3. The Bertz CT molecular complexity index is 1020. The maximum atomic E-state index is 12.2. The van der Waals surface area contributed by atoms with Crippen LogP contribution in [0, 0.1) is 10.1 Å².